The molecular formula is C15H18N2O2. The van der Waals surface area contributed by atoms with E-state index in [2.05, 4.69) is 0 Å². The summed E-state index contributed by atoms with van der Waals surface area (Å²) in [6, 6.07) is 8.78. The third-order valence-corrected chi connectivity index (χ3v) is 3.29. The van der Waals surface area contributed by atoms with Gasteiger partial charge in [-0.3, -0.25) is 4.79 Å². The van der Waals surface area contributed by atoms with E-state index >= 15 is 0 Å². The largest absolute Gasteiger partial charge is 0.508 e. The molecule has 0 aliphatic rings. The highest BCUT2D eigenvalue weighted by molar-refractivity contribution is 5.95. The van der Waals surface area contributed by atoms with Gasteiger partial charge in [-0.25, -0.2) is 0 Å². The Hall–Kier alpha value is -2.23. The van der Waals surface area contributed by atoms with Crippen molar-refractivity contribution in [1.82, 2.24) is 9.47 Å². The van der Waals surface area contributed by atoms with Crippen LogP contribution in [-0.4, -0.2) is 27.5 Å². The molecule has 0 aliphatic heterocycles. The lowest BCUT2D eigenvalue weighted by molar-refractivity contribution is 0.0784. The minimum absolute atomic E-state index is 0.0126. The lowest BCUT2D eigenvalue weighted by atomic mass is 10.2. The summed E-state index contributed by atoms with van der Waals surface area (Å²) >= 11 is 0. The number of nitrogens with zero attached hydrogens (tertiary/aromatic N) is 2. The first-order valence-electron chi connectivity index (χ1n) is 6.14. The van der Waals surface area contributed by atoms with E-state index in [1.54, 1.807) is 30.1 Å². The second kappa shape index (κ2) is 5.18. The van der Waals surface area contributed by atoms with E-state index in [1.165, 1.54) is 0 Å². The average molecular weight is 258 g/mol. The second-order valence-electron chi connectivity index (χ2n) is 4.76. The van der Waals surface area contributed by atoms with Crippen molar-refractivity contribution in [1.29, 1.82) is 0 Å². The summed E-state index contributed by atoms with van der Waals surface area (Å²) in [7, 11) is 3.68. The molecule has 0 radical (unpaired) electrons. The van der Waals surface area contributed by atoms with Crippen molar-refractivity contribution >= 4 is 5.91 Å². The summed E-state index contributed by atoms with van der Waals surface area (Å²) in [6.45, 7) is 2.40. The number of carbonyl (C=O) groups is 1. The number of rotatable bonds is 3. The Morgan fingerprint density at radius 2 is 2.11 bits per heavy atom. The highest BCUT2D eigenvalue weighted by Crippen LogP contribution is 2.15. The Labute approximate surface area is 112 Å². The molecule has 0 saturated heterocycles. The summed E-state index contributed by atoms with van der Waals surface area (Å²) in [5, 5.41) is 9.42. The van der Waals surface area contributed by atoms with Crippen LogP contribution in [0.3, 0.4) is 0 Å². The van der Waals surface area contributed by atoms with Gasteiger partial charge in [0.05, 0.1) is 5.56 Å². The van der Waals surface area contributed by atoms with Gasteiger partial charge in [-0.2, -0.15) is 0 Å². The summed E-state index contributed by atoms with van der Waals surface area (Å²) in [4.78, 5) is 14.0. The number of amides is 1. The standard InChI is InChI=1S/C15H18N2O2/c1-11-14(7-8-16(11)2)15(19)17(3)10-12-5-4-6-13(18)9-12/h4-9,18H,10H2,1-3H3. The highest BCUT2D eigenvalue weighted by atomic mass is 16.3. The van der Waals surface area contributed by atoms with Crippen LogP contribution >= 0.6 is 0 Å². The van der Waals surface area contributed by atoms with Crippen molar-refractivity contribution in [3.8, 4) is 5.75 Å². The number of hydrogen-bond donors (Lipinski definition) is 1. The van der Waals surface area contributed by atoms with Gasteiger partial charge in [-0.1, -0.05) is 12.1 Å². The number of hydrogen-bond acceptors (Lipinski definition) is 2. The van der Waals surface area contributed by atoms with Crippen molar-refractivity contribution in [2.75, 3.05) is 7.05 Å². The van der Waals surface area contributed by atoms with Crippen LogP contribution in [0, 0.1) is 6.92 Å². The predicted octanol–water partition coefficient (Wildman–Crippen LogP) is 2.31. The number of aromatic hydroxyl groups is 1. The normalized spacial score (nSPS) is 10.5. The maximum Gasteiger partial charge on any atom is 0.255 e. The summed E-state index contributed by atoms with van der Waals surface area (Å²) in [5.74, 6) is 0.204. The molecule has 0 fully saturated rings. The van der Waals surface area contributed by atoms with Crippen LogP contribution in [0.15, 0.2) is 36.5 Å². The molecule has 1 amide bonds. The fraction of sp³-hybridized carbons (Fsp3) is 0.267. The number of phenols is 1. The van der Waals surface area contributed by atoms with E-state index in [9.17, 15) is 9.90 Å². The van der Waals surface area contributed by atoms with Crippen LogP contribution in [-0.2, 0) is 13.6 Å². The zero-order valence-electron chi connectivity index (χ0n) is 11.4. The SMILES string of the molecule is Cc1c(C(=O)N(C)Cc2cccc(O)c2)ccn1C. The van der Waals surface area contributed by atoms with Crippen molar-refractivity contribution in [3.05, 3.63) is 53.3 Å². The maximum atomic E-state index is 12.3. The number of carbonyl (C=O) groups excluding carboxylic acids is 1. The molecule has 1 aromatic heterocycles. The Kier molecular flexibility index (Phi) is 3.60. The quantitative estimate of drug-likeness (QED) is 0.918. The monoisotopic (exact) mass is 258 g/mol. The molecule has 100 valence electrons. The van der Waals surface area contributed by atoms with Gasteiger partial charge in [-0.15, -0.1) is 0 Å². The molecule has 0 aliphatic carbocycles. The Balaban J connectivity index is 2.14. The molecule has 19 heavy (non-hydrogen) atoms. The van der Waals surface area contributed by atoms with E-state index in [1.807, 2.05) is 36.9 Å². The Morgan fingerprint density at radius 1 is 1.37 bits per heavy atom. The number of phenolic OH excluding ortho intramolecular Hbond substituents is 1. The van der Waals surface area contributed by atoms with Gasteiger partial charge in [-0.05, 0) is 30.7 Å². The molecule has 0 bridgehead atoms. The van der Waals surface area contributed by atoms with Gasteiger partial charge in [0.25, 0.3) is 5.91 Å². The molecule has 1 heterocycles. The second-order valence-corrected chi connectivity index (χ2v) is 4.76. The Bertz CT molecular complexity index is 602. The first-order chi connectivity index (χ1) is 8.99. The van der Waals surface area contributed by atoms with E-state index in [0.717, 1.165) is 11.3 Å². The van der Waals surface area contributed by atoms with Crippen molar-refractivity contribution < 1.29 is 9.90 Å². The van der Waals surface area contributed by atoms with Crippen molar-refractivity contribution in [3.63, 3.8) is 0 Å². The minimum atomic E-state index is -0.0126. The number of benzene rings is 1. The number of aromatic nitrogens is 1. The highest BCUT2D eigenvalue weighted by Gasteiger charge is 2.16. The fourth-order valence-electron chi connectivity index (χ4n) is 2.04. The van der Waals surface area contributed by atoms with Crippen LogP contribution < -0.4 is 0 Å². The zero-order chi connectivity index (χ0) is 14.0. The van der Waals surface area contributed by atoms with Gasteiger partial charge in [0.2, 0.25) is 0 Å². The molecule has 0 saturated carbocycles. The van der Waals surface area contributed by atoms with Crippen molar-refractivity contribution in [2.45, 2.75) is 13.5 Å². The molecule has 4 nitrogen and oxygen atoms in total. The van der Waals surface area contributed by atoms with Crippen LogP contribution in [0.25, 0.3) is 0 Å². The topological polar surface area (TPSA) is 45.5 Å². The van der Waals surface area contributed by atoms with E-state index in [4.69, 9.17) is 0 Å². The fourth-order valence-corrected chi connectivity index (χ4v) is 2.04. The molecule has 1 aromatic carbocycles. The summed E-state index contributed by atoms with van der Waals surface area (Å²) in [5.41, 5.74) is 2.57. The van der Waals surface area contributed by atoms with E-state index in [0.29, 0.717) is 12.1 Å². The van der Waals surface area contributed by atoms with Gasteiger partial charge in [0.15, 0.2) is 0 Å². The minimum Gasteiger partial charge on any atom is -0.508 e. The third-order valence-electron chi connectivity index (χ3n) is 3.29. The average Bonchev–Trinajstić information content (AvgIpc) is 2.69. The first-order valence-corrected chi connectivity index (χ1v) is 6.14. The van der Waals surface area contributed by atoms with Crippen LogP contribution in [0.5, 0.6) is 5.75 Å². The first kappa shape index (κ1) is 13.2. The van der Waals surface area contributed by atoms with Crippen LogP contribution in [0.1, 0.15) is 21.6 Å². The Morgan fingerprint density at radius 3 is 2.68 bits per heavy atom. The maximum absolute atomic E-state index is 12.3. The van der Waals surface area contributed by atoms with E-state index < -0.39 is 0 Å². The third kappa shape index (κ3) is 2.78. The smallest absolute Gasteiger partial charge is 0.255 e. The molecule has 0 unspecified atom stereocenters. The number of aryl methyl sites for hydroxylation is 1. The van der Waals surface area contributed by atoms with Crippen LogP contribution in [0.4, 0.5) is 0 Å². The van der Waals surface area contributed by atoms with Crippen molar-refractivity contribution in [2.24, 2.45) is 7.05 Å². The van der Waals surface area contributed by atoms with E-state index in [-0.39, 0.29) is 11.7 Å². The van der Waals surface area contributed by atoms with Gasteiger partial charge < -0.3 is 14.6 Å². The zero-order valence-corrected chi connectivity index (χ0v) is 11.4. The van der Waals surface area contributed by atoms with Gasteiger partial charge in [0.1, 0.15) is 5.75 Å². The molecule has 4 heteroatoms. The van der Waals surface area contributed by atoms with Crippen LogP contribution in [0.2, 0.25) is 0 Å². The molecule has 0 spiro atoms. The molecule has 2 rings (SSSR count). The lowest BCUT2D eigenvalue weighted by Crippen LogP contribution is -2.26. The summed E-state index contributed by atoms with van der Waals surface area (Å²) in [6.07, 6.45) is 1.88. The molecule has 0 atom stereocenters. The van der Waals surface area contributed by atoms with Gasteiger partial charge in [0, 0.05) is 32.5 Å². The lowest BCUT2D eigenvalue weighted by Gasteiger charge is -2.17. The summed E-state index contributed by atoms with van der Waals surface area (Å²) < 4.78 is 1.93. The predicted molar refractivity (Wildman–Crippen MR) is 74.1 cm³/mol. The van der Waals surface area contributed by atoms with Gasteiger partial charge >= 0.3 is 0 Å². The molecule has 1 N–H and O–H groups in total. The molecule has 2 aromatic rings. The molecular weight excluding hydrogens is 240 g/mol.